The van der Waals surface area contributed by atoms with Gasteiger partial charge in [0.1, 0.15) is 0 Å². The van der Waals surface area contributed by atoms with E-state index in [0.29, 0.717) is 0 Å². The van der Waals surface area contributed by atoms with E-state index in [1.54, 1.807) is 6.08 Å². The van der Waals surface area contributed by atoms with Crippen LogP contribution in [0.5, 0.6) is 0 Å². The van der Waals surface area contributed by atoms with Gasteiger partial charge in [0.25, 0.3) is 0 Å². The monoisotopic (exact) mass is 344 g/mol. The maximum absolute atomic E-state index is 11.3. The Morgan fingerprint density at radius 1 is 1.12 bits per heavy atom. The average Bonchev–Trinajstić information content (AvgIpc) is 2.44. The van der Waals surface area contributed by atoms with Gasteiger partial charge < -0.3 is 10.2 Å². The Morgan fingerprint density at radius 2 is 1.76 bits per heavy atom. The third-order valence-electron chi connectivity index (χ3n) is 4.56. The molecular weight excluding hydrogens is 316 g/mol. The molecule has 4 nitrogen and oxygen atoms in total. The average molecular weight is 344 g/mol. The van der Waals surface area contributed by atoms with Crippen molar-refractivity contribution >= 4 is 11.9 Å². The minimum absolute atomic E-state index is 0.0245. The van der Waals surface area contributed by atoms with Crippen LogP contribution in [0.15, 0.2) is 58.2 Å². The first kappa shape index (κ1) is 20.7. The summed E-state index contributed by atoms with van der Waals surface area (Å²) < 4.78 is 0. The number of aliphatic carboxylic acids is 2. The summed E-state index contributed by atoms with van der Waals surface area (Å²) in [7, 11) is 0. The van der Waals surface area contributed by atoms with E-state index in [-0.39, 0.29) is 16.6 Å². The Bertz CT molecular complexity index is 697. The van der Waals surface area contributed by atoms with Crippen molar-refractivity contribution < 1.29 is 19.8 Å². The molecule has 0 aromatic rings. The van der Waals surface area contributed by atoms with Crippen LogP contribution < -0.4 is 0 Å². The molecule has 25 heavy (non-hydrogen) atoms. The summed E-state index contributed by atoms with van der Waals surface area (Å²) >= 11 is 0. The third-order valence-corrected chi connectivity index (χ3v) is 4.56. The van der Waals surface area contributed by atoms with E-state index in [0.717, 1.165) is 24.5 Å². The summed E-state index contributed by atoms with van der Waals surface area (Å²) in [5, 5.41) is 18.0. The number of hydrogen-bond donors (Lipinski definition) is 2. The molecular formula is C21H28O4. The van der Waals surface area contributed by atoms with Crippen molar-refractivity contribution in [2.45, 2.75) is 53.9 Å². The van der Waals surface area contributed by atoms with E-state index in [9.17, 15) is 14.7 Å². The van der Waals surface area contributed by atoms with Crippen molar-refractivity contribution in [1.29, 1.82) is 0 Å². The van der Waals surface area contributed by atoms with Crippen LogP contribution in [0.3, 0.4) is 0 Å². The van der Waals surface area contributed by atoms with Crippen LogP contribution in [0.25, 0.3) is 0 Å². The molecule has 1 rings (SSSR count). The van der Waals surface area contributed by atoms with Crippen molar-refractivity contribution in [3.8, 4) is 0 Å². The summed E-state index contributed by atoms with van der Waals surface area (Å²) in [4.78, 5) is 22.0. The van der Waals surface area contributed by atoms with Gasteiger partial charge in [-0.1, -0.05) is 43.2 Å². The van der Waals surface area contributed by atoms with E-state index in [1.807, 2.05) is 13.0 Å². The number of allylic oxidation sites excluding steroid dienone is 7. The lowest BCUT2D eigenvalue weighted by Crippen LogP contribution is -2.19. The zero-order chi connectivity index (χ0) is 19.2. The largest absolute Gasteiger partial charge is 0.478 e. The second kappa shape index (κ2) is 8.65. The standard InChI is InChI=1S/C21H28O4/c1-14(8-10-17(20(24)25)16(3)13-19(22)23)9-11-18-15(2)7-6-12-21(18,4)5/h8-11,13H,6-7,12H2,1-5H3,(H,22,23)(H,24,25)/b11-9+,14-8+,16-13+,17-10+. The first-order chi connectivity index (χ1) is 11.5. The van der Waals surface area contributed by atoms with Gasteiger partial charge in [-0.3, -0.25) is 0 Å². The van der Waals surface area contributed by atoms with Crippen LogP contribution in [-0.2, 0) is 9.59 Å². The quantitative estimate of drug-likeness (QED) is 0.522. The highest BCUT2D eigenvalue weighted by atomic mass is 16.4. The van der Waals surface area contributed by atoms with Crippen LogP contribution in [-0.4, -0.2) is 22.2 Å². The predicted octanol–water partition coefficient (Wildman–Crippen LogP) is 5.06. The van der Waals surface area contributed by atoms with Gasteiger partial charge in [-0.05, 0) is 62.7 Å². The molecule has 0 fully saturated rings. The first-order valence-corrected chi connectivity index (χ1v) is 8.46. The molecule has 0 saturated heterocycles. The molecule has 0 aliphatic heterocycles. The van der Waals surface area contributed by atoms with Crippen molar-refractivity contribution in [3.05, 3.63) is 58.2 Å². The topological polar surface area (TPSA) is 74.6 Å². The van der Waals surface area contributed by atoms with E-state index >= 15 is 0 Å². The Hall–Kier alpha value is -2.36. The molecule has 1 aliphatic carbocycles. The first-order valence-electron chi connectivity index (χ1n) is 8.46. The predicted molar refractivity (Wildman–Crippen MR) is 100 cm³/mol. The van der Waals surface area contributed by atoms with Crippen LogP contribution in [0, 0.1) is 5.41 Å². The summed E-state index contributed by atoms with van der Waals surface area (Å²) in [5.41, 5.74) is 3.99. The third kappa shape index (κ3) is 6.22. The minimum Gasteiger partial charge on any atom is -0.478 e. The van der Waals surface area contributed by atoms with Gasteiger partial charge in [0.2, 0.25) is 0 Å². The fourth-order valence-electron chi connectivity index (χ4n) is 3.13. The van der Waals surface area contributed by atoms with Gasteiger partial charge in [-0.15, -0.1) is 0 Å². The molecule has 0 bridgehead atoms. The van der Waals surface area contributed by atoms with Crippen LogP contribution >= 0.6 is 0 Å². The maximum atomic E-state index is 11.3. The molecule has 4 heteroatoms. The molecule has 136 valence electrons. The van der Waals surface area contributed by atoms with Crippen molar-refractivity contribution in [3.63, 3.8) is 0 Å². The molecule has 0 spiro atoms. The summed E-state index contributed by atoms with van der Waals surface area (Å²) in [5.74, 6) is -2.30. The summed E-state index contributed by atoms with van der Waals surface area (Å²) in [6.45, 7) is 10.0. The zero-order valence-electron chi connectivity index (χ0n) is 15.7. The molecule has 0 saturated carbocycles. The second-order valence-electron chi connectivity index (χ2n) is 7.23. The molecule has 1 aliphatic rings. The van der Waals surface area contributed by atoms with Crippen molar-refractivity contribution in [1.82, 2.24) is 0 Å². The number of hydrogen-bond acceptors (Lipinski definition) is 2. The van der Waals surface area contributed by atoms with Gasteiger partial charge in [-0.25, -0.2) is 9.59 Å². The molecule has 0 radical (unpaired) electrons. The lowest BCUT2D eigenvalue weighted by Gasteiger charge is -2.32. The van der Waals surface area contributed by atoms with E-state index < -0.39 is 11.9 Å². The van der Waals surface area contributed by atoms with Gasteiger partial charge in [0.15, 0.2) is 0 Å². The molecule has 0 unspecified atom stereocenters. The zero-order valence-corrected chi connectivity index (χ0v) is 15.7. The highest BCUT2D eigenvalue weighted by Gasteiger charge is 2.26. The van der Waals surface area contributed by atoms with Crippen LogP contribution in [0.2, 0.25) is 0 Å². The normalized spacial score (nSPS) is 19.5. The van der Waals surface area contributed by atoms with Crippen LogP contribution in [0.1, 0.15) is 53.9 Å². The minimum atomic E-state index is -1.16. The lowest BCUT2D eigenvalue weighted by molar-refractivity contribution is -0.132. The highest BCUT2D eigenvalue weighted by Crippen LogP contribution is 2.40. The fourth-order valence-corrected chi connectivity index (χ4v) is 3.13. The molecule has 0 heterocycles. The molecule has 0 atom stereocenters. The summed E-state index contributed by atoms with van der Waals surface area (Å²) in [6, 6.07) is 0. The Kier molecular flexibility index (Phi) is 7.16. The Balaban J connectivity index is 3.07. The Labute approximate surface area is 149 Å². The van der Waals surface area contributed by atoms with Crippen molar-refractivity contribution in [2.75, 3.05) is 0 Å². The number of carbonyl (C=O) groups is 2. The summed E-state index contributed by atoms with van der Waals surface area (Å²) in [6.07, 6.45) is 11.6. The van der Waals surface area contributed by atoms with Gasteiger partial charge >= 0.3 is 11.9 Å². The number of carboxylic acid groups (broad SMARTS) is 2. The molecule has 0 aromatic carbocycles. The molecule has 2 N–H and O–H groups in total. The highest BCUT2D eigenvalue weighted by molar-refractivity contribution is 5.94. The van der Waals surface area contributed by atoms with Gasteiger partial charge in [-0.2, -0.15) is 0 Å². The smallest absolute Gasteiger partial charge is 0.335 e. The number of carboxylic acids is 2. The van der Waals surface area contributed by atoms with E-state index in [1.165, 1.54) is 30.6 Å². The van der Waals surface area contributed by atoms with E-state index in [4.69, 9.17) is 5.11 Å². The van der Waals surface area contributed by atoms with Gasteiger partial charge in [0.05, 0.1) is 5.57 Å². The SMILES string of the molecule is CC1=C(/C=C/C(C)=C/C=C(C(=O)O)\C(C)=C\C(=O)O)C(C)(C)CCC1. The molecule has 0 aromatic heterocycles. The fraction of sp³-hybridized carbons (Fsp3) is 0.429. The Morgan fingerprint density at radius 3 is 2.28 bits per heavy atom. The lowest BCUT2D eigenvalue weighted by atomic mass is 9.72. The number of rotatable bonds is 6. The second-order valence-corrected chi connectivity index (χ2v) is 7.23. The van der Waals surface area contributed by atoms with E-state index in [2.05, 4.69) is 26.8 Å². The van der Waals surface area contributed by atoms with Gasteiger partial charge in [0, 0.05) is 6.08 Å². The van der Waals surface area contributed by atoms with Crippen LogP contribution in [0.4, 0.5) is 0 Å². The molecule has 0 amide bonds. The maximum Gasteiger partial charge on any atom is 0.335 e. The van der Waals surface area contributed by atoms with Crippen molar-refractivity contribution in [2.24, 2.45) is 5.41 Å².